The van der Waals surface area contributed by atoms with E-state index in [1.54, 1.807) is 32.4 Å². The van der Waals surface area contributed by atoms with Gasteiger partial charge in [0.15, 0.2) is 0 Å². The highest BCUT2D eigenvalue weighted by Crippen LogP contribution is 2.29. The summed E-state index contributed by atoms with van der Waals surface area (Å²) < 4.78 is 15.6. The Labute approximate surface area is 124 Å². The van der Waals surface area contributed by atoms with E-state index >= 15 is 0 Å². The Morgan fingerprint density at radius 1 is 1.38 bits per heavy atom. The monoisotopic (exact) mass is 297 g/mol. The fourth-order valence-electron chi connectivity index (χ4n) is 2.39. The molecule has 1 aliphatic heterocycles. The normalized spacial score (nSPS) is 23.0. The van der Waals surface area contributed by atoms with Crippen molar-refractivity contribution in [3.63, 3.8) is 0 Å². The second-order valence-corrected chi connectivity index (χ2v) is 5.28. The smallest absolute Gasteiger partial charge is 0.124 e. The van der Waals surface area contributed by atoms with E-state index in [4.69, 9.17) is 14.2 Å². The summed E-state index contributed by atoms with van der Waals surface area (Å²) >= 11 is 0. The molecule has 0 spiro atoms. The lowest BCUT2D eigenvalue weighted by atomic mass is 10.0. The second-order valence-electron chi connectivity index (χ2n) is 5.28. The molecule has 3 N–H and O–H groups in total. The minimum atomic E-state index is -0.835. The van der Waals surface area contributed by atoms with Gasteiger partial charge in [-0.3, -0.25) is 0 Å². The molecule has 0 bridgehead atoms. The highest BCUT2D eigenvalue weighted by molar-refractivity contribution is 5.41. The quantitative estimate of drug-likeness (QED) is 0.679. The summed E-state index contributed by atoms with van der Waals surface area (Å²) in [6.45, 7) is 1.60. The summed E-state index contributed by atoms with van der Waals surface area (Å²) in [5.74, 6) is 1.26. The molecule has 0 amide bonds. The maximum absolute atomic E-state index is 10.3. The third kappa shape index (κ3) is 4.07. The van der Waals surface area contributed by atoms with Crippen molar-refractivity contribution in [2.24, 2.45) is 0 Å². The van der Waals surface area contributed by atoms with Crippen LogP contribution in [0.4, 0.5) is 0 Å². The van der Waals surface area contributed by atoms with Crippen LogP contribution in [0, 0.1) is 0 Å². The van der Waals surface area contributed by atoms with Crippen LogP contribution in [0.5, 0.6) is 11.5 Å². The van der Waals surface area contributed by atoms with Crippen LogP contribution in [0.1, 0.15) is 18.1 Å². The SMILES string of the molecule is COc1ccc(OC)c(C(O)CNCC2(O)CCOC2)c1. The van der Waals surface area contributed by atoms with E-state index in [2.05, 4.69) is 5.32 Å². The van der Waals surface area contributed by atoms with Crippen molar-refractivity contribution in [3.8, 4) is 11.5 Å². The van der Waals surface area contributed by atoms with Crippen LogP contribution in [-0.4, -0.2) is 56.3 Å². The summed E-state index contributed by atoms with van der Waals surface area (Å²) in [5, 5.41) is 23.5. The first-order valence-corrected chi connectivity index (χ1v) is 6.99. The maximum atomic E-state index is 10.3. The number of hydrogen-bond acceptors (Lipinski definition) is 6. The van der Waals surface area contributed by atoms with Gasteiger partial charge >= 0.3 is 0 Å². The topological polar surface area (TPSA) is 80.2 Å². The van der Waals surface area contributed by atoms with Crippen molar-refractivity contribution in [1.82, 2.24) is 5.32 Å². The number of ether oxygens (including phenoxy) is 3. The standard InChI is InChI=1S/C15H23NO5/c1-19-11-3-4-14(20-2)12(7-11)13(17)8-16-9-15(18)5-6-21-10-15/h3-4,7,13,16-18H,5-6,8-10H2,1-2H3. The van der Waals surface area contributed by atoms with Gasteiger partial charge in [0.05, 0.1) is 26.9 Å². The number of aliphatic hydroxyl groups is 2. The van der Waals surface area contributed by atoms with Crippen LogP contribution in [0.2, 0.25) is 0 Å². The molecule has 1 aromatic carbocycles. The van der Waals surface area contributed by atoms with Gasteiger partial charge in [0, 0.05) is 31.7 Å². The number of nitrogens with one attached hydrogen (secondary N) is 1. The lowest BCUT2D eigenvalue weighted by molar-refractivity contribution is 0.0243. The van der Waals surface area contributed by atoms with E-state index in [0.717, 1.165) is 0 Å². The zero-order valence-electron chi connectivity index (χ0n) is 12.5. The lowest BCUT2D eigenvalue weighted by Crippen LogP contribution is -2.42. The highest BCUT2D eigenvalue weighted by atomic mass is 16.5. The zero-order valence-corrected chi connectivity index (χ0v) is 12.5. The Bertz CT molecular complexity index is 459. The highest BCUT2D eigenvalue weighted by Gasteiger charge is 2.31. The van der Waals surface area contributed by atoms with E-state index in [1.165, 1.54) is 0 Å². The van der Waals surface area contributed by atoms with Crippen LogP contribution < -0.4 is 14.8 Å². The molecule has 2 atom stereocenters. The molecule has 1 aliphatic rings. The molecule has 21 heavy (non-hydrogen) atoms. The average Bonchev–Trinajstić information content (AvgIpc) is 2.93. The van der Waals surface area contributed by atoms with Crippen molar-refractivity contribution < 1.29 is 24.4 Å². The van der Waals surface area contributed by atoms with Crippen LogP contribution >= 0.6 is 0 Å². The average molecular weight is 297 g/mol. The summed E-state index contributed by atoms with van der Waals surface area (Å²) in [6.07, 6.45) is -0.139. The number of hydrogen-bond donors (Lipinski definition) is 3. The molecular weight excluding hydrogens is 274 g/mol. The fourth-order valence-corrected chi connectivity index (χ4v) is 2.39. The first kappa shape index (κ1) is 16.0. The molecule has 2 rings (SSSR count). The molecule has 6 heteroatoms. The van der Waals surface area contributed by atoms with E-state index in [1.807, 2.05) is 0 Å². The van der Waals surface area contributed by atoms with Crippen molar-refractivity contribution >= 4 is 0 Å². The largest absolute Gasteiger partial charge is 0.497 e. The van der Waals surface area contributed by atoms with Gasteiger partial charge in [-0.05, 0) is 18.2 Å². The lowest BCUT2D eigenvalue weighted by Gasteiger charge is -2.22. The van der Waals surface area contributed by atoms with E-state index in [-0.39, 0.29) is 0 Å². The molecule has 1 heterocycles. The molecule has 0 saturated carbocycles. The van der Waals surface area contributed by atoms with Gasteiger partial charge < -0.3 is 29.7 Å². The van der Waals surface area contributed by atoms with Crippen molar-refractivity contribution in [3.05, 3.63) is 23.8 Å². The van der Waals surface area contributed by atoms with Gasteiger partial charge in [-0.1, -0.05) is 0 Å². The molecule has 0 aromatic heterocycles. The van der Waals surface area contributed by atoms with Gasteiger partial charge in [-0.15, -0.1) is 0 Å². The number of benzene rings is 1. The molecule has 0 aliphatic carbocycles. The molecule has 6 nitrogen and oxygen atoms in total. The van der Waals surface area contributed by atoms with Crippen molar-refractivity contribution in [1.29, 1.82) is 0 Å². The molecule has 1 aromatic rings. The summed E-state index contributed by atoms with van der Waals surface area (Å²) in [7, 11) is 3.13. The van der Waals surface area contributed by atoms with Gasteiger partial charge in [-0.25, -0.2) is 0 Å². The third-order valence-electron chi connectivity index (χ3n) is 3.67. The van der Waals surface area contributed by atoms with E-state index < -0.39 is 11.7 Å². The number of methoxy groups -OCH3 is 2. The molecular formula is C15H23NO5. The van der Waals surface area contributed by atoms with Crippen molar-refractivity contribution in [2.45, 2.75) is 18.1 Å². The van der Waals surface area contributed by atoms with Crippen molar-refractivity contribution in [2.75, 3.05) is 40.5 Å². The number of rotatable bonds is 7. The number of aliphatic hydroxyl groups excluding tert-OH is 1. The Hall–Kier alpha value is -1.34. The summed E-state index contributed by atoms with van der Waals surface area (Å²) in [5.41, 5.74) is -0.183. The second kappa shape index (κ2) is 7.09. The van der Waals surface area contributed by atoms with Gasteiger partial charge in [0.1, 0.15) is 17.1 Å². The summed E-state index contributed by atoms with van der Waals surface area (Å²) in [6, 6.07) is 5.29. The Kier molecular flexibility index (Phi) is 5.41. The Morgan fingerprint density at radius 3 is 2.81 bits per heavy atom. The predicted octanol–water partition coefficient (Wildman–Crippen LogP) is 0.478. The van der Waals surface area contributed by atoms with E-state index in [0.29, 0.717) is 49.8 Å². The first-order chi connectivity index (χ1) is 10.1. The van der Waals surface area contributed by atoms with Crippen LogP contribution in [-0.2, 0) is 4.74 Å². The van der Waals surface area contributed by atoms with Crippen LogP contribution in [0.3, 0.4) is 0 Å². The molecule has 0 radical (unpaired) electrons. The Balaban J connectivity index is 1.94. The third-order valence-corrected chi connectivity index (χ3v) is 3.67. The van der Waals surface area contributed by atoms with Gasteiger partial charge in [-0.2, -0.15) is 0 Å². The van der Waals surface area contributed by atoms with Gasteiger partial charge in [0.2, 0.25) is 0 Å². The summed E-state index contributed by atoms with van der Waals surface area (Å²) in [4.78, 5) is 0. The molecule has 1 fully saturated rings. The molecule has 1 saturated heterocycles. The van der Waals surface area contributed by atoms with Crippen LogP contribution in [0.15, 0.2) is 18.2 Å². The van der Waals surface area contributed by atoms with Gasteiger partial charge in [0.25, 0.3) is 0 Å². The fraction of sp³-hybridized carbons (Fsp3) is 0.600. The predicted molar refractivity (Wildman–Crippen MR) is 77.8 cm³/mol. The minimum Gasteiger partial charge on any atom is -0.497 e. The first-order valence-electron chi connectivity index (χ1n) is 6.99. The Morgan fingerprint density at radius 2 is 2.19 bits per heavy atom. The van der Waals surface area contributed by atoms with E-state index in [9.17, 15) is 10.2 Å². The zero-order chi connectivity index (χ0) is 15.3. The molecule has 2 unspecified atom stereocenters. The van der Waals surface area contributed by atoms with Crippen LogP contribution in [0.25, 0.3) is 0 Å². The minimum absolute atomic E-state index is 0.311. The maximum Gasteiger partial charge on any atom is 0.124 e. The molecule has 118 valence electrons.